The lowest BCUT2D eigenvalue weighted by Crippen LogP contribution is -2.37. The third-order valence-electron chi connectivity index (χ3n) is 2.63. The summed E-state index contributed by atoms with van der Waals surface area (Å²) in [5.74, 6) is 0. The van der Waals surface area contributed by atoms with Gasteiger partial charge in [-0.25, -0.2) is 8.42 Å². The molecule has 4 nitrogen and oxygen atoms in total. The van der Waals surface area contributed by atoms with Crippen LogP contribution >= 0.6 is 11.6 Å². The highest BCUT2D eigenvalue weighted by Crippen LogP contribution is 2.25. The molecule has 0 heterocycles. The van der Waals surface area contributed by atoms with Gasteiger partial charge in [0.25, 0.3) is 0 Å². The van der Waals surface area contributed by atoms with E-state index < -0.39 is 16.1 Å². The van der Waals surface area contributed by atoms with Crippen molar-refractivity contribution >= 4 is 21.6 Å². The van der Waals surface area contributed by atoms with E-state index in [0.29, 0.717) is 0 Å². The molecule has 1 N–H and O–H groups in total. The summed E-state index contributed by atoms with van der Waals surface area (Å²) in [6.07, 6.45) is 0. The molecule has 0 amide bonds. The average Bonchev–Trinajstić information content (AvgIpc) is 2.26. The fourth-order valence-electron chi connectivity index (χ4n) is 1.32. The molecule has 1 atom stereocenters. The van der Waals surface area contributed by atoms with E-state index in [1.54, 1.807) is 19.1 Å². The first-order valence-electron chi connectivity index (χ1n) is 5.15. The van der Waals surface area contributed by atoms with E-state index in [1.165, 1.54) is 13.1 Å². The minimum absolute atomic E-state index is 0.0626. The molecule has 0 bridgehead atoms. The highest BCUT2D eigenvalue weighted by Gasteiger charge is 2.26. The quantitative estimate of drug-likeness (QED) is 0.910. The van der Waals surface area contributed by atoms with Gasteiger partial charge in [0, 0.05) is 13.1 Å². The largest absolute Gasteiger partial charge is 0.395 e. The van der Waals surface area contributed by atoms with Crippen molar-refractivity contribution in [3.8, 4) is 0 Å². The normalized spacial score (nSPS) is 14.0. The highest BCUT2D eigenvalue weighted by atomic mass is 35.5. The van der Waals surface area contributed by atoms with Gasteiger partial charge in [-0.3, -0.25) is 0 Å². The summed E-state index contributed by atoms with van der Waals surface area (Å²) in [7, 11) is -2.23. The molecule has 0 saturated carbocycles. The SMILES string of the molecule is Cc1ccc(S(=O)(=O)N(C)C(C)CO)c(Cl)c1. The van der Waals surface area contributed by atoms with E-state index in [1.807, 2.05) is 6.92 Å². The molecule has 1 unspecified atom stereocenters. The van der Waals surface area contributed by atoms with Crippen molar-refractivity contribution < 1.29 is 13.5 Å². The van der Waals surface area contributed by atoms with Crippen LogP contribution in [0.5, 0.6) is 0 Å². The first-order valence-corrected chi connectivity index (χ1v) is 6.97. The van der Waals surface area contributed by atoms with Crippen molar-refractivity contribution in [2.45, 2.75) is 24.8 Å². The first-order chi connectivity index (χ1) is 7.80. The Kier molecular flexibility index (Phi) is 4.55. The zero-order chi connectivity index (χ0) is 13.2. The number of aliphatic hydroxyl groups excluding tert-OH is 1. The third kappa shape index (κ3) is 2.98. The fourth-order valence-corrected chi connectivity index (χ4v) is 3.25. The fraction of sp³-hybridized carbons (Fsp3) is 0.455. The van der Waals surface area contributed by atoms with Crippen LogP contribution in [0.25, 0.3) is 0 Å². The van der Waals surface area contributed by atoms with E-state index in [4.69, 9.17) is 16.7 Å². The lowest BCUT2D eigenvalue weighted by atomic mass is 10.2. The molecule has 1 aromatic carbocycles. The van der Waals surface area contributed by atoms with Crippen LogP contribution in [-0.4, -0.2) is 37.5 Å². The van der Waals surface area contributed by atoms with Crippen LogP contribution in [0.4, 0.5) is 0 Å². The lowest BCUT2D eigenvalue weighted by Gasteiger charge is -2.23. The summed E-state index contributed by atoms with van der Waals surface area (Å²) in [6, 6.07) is 4.28. The molecule has 0 fully saturated rings. The van der Waals surface area contributed by atoms with E-state index in [-0.39, 0.29) is 16.5 Å². The molecule has 0 aromatic heterocycles. The van der Waals surface area contributed by atoms with Crippen molar-refractivity contribution in [1.29, 1.82) is 0 Å². The second-order valence-corrected chi connectivity index (χ2v) is 6.36. The van der Waals surface area contributed by atoms with Gasteiger partial charge in [0.1, 0.15) is 4.90 Å². The Morgan fingerprint density at radius 3 is 2.53 bits per heavy atom. The molecular weight excluding hydrogens is 262 g/mol. The second kappa shape index (κ2) is 5.35. The van der Waals surface area contributed by atoms with Gasteiger partial charge in [0.05, 0.1) is 11.6 Å². The molecule has 1 aromatic rings. The predicted molar refractivity (Wildman–Crippen MR) is 67.7 cm³/mol. The highest BCUT2D eigenvalue weighted by molar-refractivity contribution is 7.89. The molecule has 6 heteroatoms. The Balaban J connectivity index is 3.22. The van der Waals surface area contributed by atoms with Crippen LogP contribution in [-0.2, 0) is 10.0 Å². The molecule has 0 saturated heterocycles. The summed E-state index contributed by atoms with van der Waals surface area (Å²) in [6.45, 7) is 3.22. The molecular formula is C11H16ClNO3S. The van der Waals surface area contributed by atoms with Crippen LogP contribution in [0.3, 0.4) is 0 Å². The van der Waals surface area contributed by atoms with Gasteiger partial charge in [-0.1, -0.05) is 17.7 Å². The number of aliphatic hydroxyl groups is 1. The van der Waals surface area contributed by atoms with E-state index in [2.05, 4.69) is 0 Å². The number of likely N-dealkylation sites (N-methyl/N-ethyl adjacent to an activating group) is 1. The van der Waals surface area contributed by atoms with Gasteiger partial charge < -0.3 is 5.11 Å². The number of halogens is 1. The third-order valence-corrected chi connectivity index (χ3v) is 5.08. The van der Waals surface area contributed by atoms with Crippen LogP contribution in [0.2, 0.25) is 5.02 Å². The molecule has 0 aliphatic heterocycles. The molecule has 1 rings (SSSR count). The molecule has 0 aliphatic carbocycles. The minimum Gasteiger partial charge on any atom is -0.395 e. The van der Waals surface area contributed by atoms with Crippen molar-refractivity contribution in [3.63, 3.8) is 0 Å². The molecule has 17 heavy (non-hydrogen) atoms. The summed E-state index contributed by atoms with van der Waals surface area (Å²) in [5, 5.41) is 9.19. The lowest BCUT2D eigenvalue weighted by molar-refractivity contribution is 0.214. The van der Waals surface area contributed by atoms with Gasteiger partial charge in [0.15, 0.2) is 0 Å². The van der Waals surface area contributed by atoms with Crippen molar-refractivity contribution in [2.75, 3.05) is 13.7 Å². The van der Waals surface area contributed by atoms with Gasteiger partial charge in [0.2, 0.25) is 10.0 Å². The maximum absolute atomic E-state index is 12.2. The van der Waals surface area contributed by atoms with Crippen LogP contribution in [0.15, 0.2) is 23.1 Å². The Morgan fingerprint density at radius 2 is 2.06 bits per heavy atom. The number of benzene rings is 1. The average molecular weight is 278 g/mol. The number of nitrogens with zero attached hydrogens (tertiary/aromatic N) is 1. The Bertz CT molecular complexity index is 501. The van der Waals surface area contributed by atoms with E-state index >= 15 is 0 Å². The smallest absolute Gasteiger partial charge is 0.244 e. The summed E-state index contributed by atoms with van der Waals surface area (Å²) in [4.78, 5) is 0.0626. The van der Waals surface area contributed by atoms with E-state index in [0.717, 1.165) is 9.87 Å². The standard InChI is InChI=1S/C11H16ClNO3S/c1-8-4-5-11(10(12)6-8)17(15,16)13(3)9(2)7-14/h4-6,9,14H,7H2,1-3H3. The summed E-state index contributed by atoms with van der Waals surface area (Å²) >= 11 is 5.94. The minimum atomic E-state index is -3.66. The maximum atomic E-state index is 12.2. The van der Waals surface area contributed by atoms with Crippen molar-refractivity contribution in [2.24, 2.45) is 0 Å². The molecule has 96 valence electrons. The number of rotatable bonds is 4. The number of hydrogen-bond acceptors (Lipinski definition) is 3. The van der Waals surface area contributed by atoms with Crippen LogP contribution < -0.4 is 0 Å². The number of aryl methyl sites for hydroxylation is 1. The van der Waals surface area contributed by atoms with Gasteiger partial charge in [-0.2, -0.15) is 4.31 Å². The van der Waals surface area contributed by atoms with Crippen molar-refractivity contribution in [1.82, 2.24) is 4.31 Å². The number of sulfonamides is 1. The Labute approximate surface area is 107 Å². The number of hydrogen-bond donors (Lipinski definition) is 1. The Hall–Kier alpha value is -0.620. The van der Waals surface area contributed by atoms with Crippen LogP contribution in [0.1, 0.15) is 12.5 Å². The first kappa shape index (κ1) is 14.4. The molecule has 0 spiro atoms. The van der Waals surface area contributed by atoms with Gasteiger partial charge in [-0.05, 0) is 31.5 Å². The topological polar surface area (TPSA) is 57.6 Å². The second-order valence-electron chi connectivity index (χ2n) is 3.99. The zero-order valence-corrected chi connectivity index (χ0v) is 11.6. The monoisotopic (exact) mass is 277 g/mol. The predicted octanol–water partition coefficient (Wildman–Crippen LogP) is 1.65. The van der Waals surface area contributed by atoms with Gasteiger partial charge in [-0.15, -0.1) is 0 Å². The molecule has 0 radical (unpaired) electrons. The van der Waals surface area contributed by atoms with Crippen molar-refractivity contribution in [3.05, 3.63) is 28.8 Å². The Morgan fingerprint density at radius 1 is 1.47 bits per heavy atom. The van der Waals surface area contributed by atoms with E-state index in [9.17, 15) is 8.42 Å². The summed E-state index contributed by atoms with van der Waals surface area (Å²) in [5.41, 5.74) is 0.895. The van der Waals surface area contributed by atoms with Gasteiger partial charge >= 0.3 is 0 Å². The zero-order valence-electron chi connectivity index (χ0n) is 10.0. The molecule has 0 aliphatic rings. The van der Waals surface area contributed by atoms with Crippen LogP contribution in [0, 0.1) is 6.92 Å². The summed E-state index contributed by atoms with van der Waals surface area (Å²) < 4.78 is 25.5. The maximum Gasteiger partial charge on any atom is 0.244 e.